The molecule has 0 unspecified atom stereocenters. The number of benzene rings is 1. The van der Waals surface area contributed by atoms with E-state index in [0.717, 1.165) is 34.0 Å². The standard InChI is InChI=1S/C15H11ClN4/c1-9-17-7-10-6-13-15(16)18-8-20(13)12-5-3-2-4-11(12)14(10)19-9/h2-5,7-8H,6H2,1H3. The van der Waals surface area contributed by atoms with Crippen molar-refractivity contribution < 1.29 is 0 Å². The van der Waals surface area contributed by atoms with Gasteiger partial charge in [-0.05, 0) is 13.0 Å². The van der Waals surface area contributed by atoms with Gasteiger partial charge in [0.2, 0.25) is 0 Å². The van der Waals surface area contributed by atoms with Crippen LogP contribution < -0.4 is 0 Å². The molecule has 0 amide bonds. The van der Waals surface area contributed by atoms with Crippen molar-refractivity contribution in [2.24, 2.45) is 0 Å². The molecule has 0 atom stereocenters. The fraction of sp³-hybridized carbons (Fsp3) is 0.133. The average molecular weight is 283 g/mol. The van der Waals surface area contributed by atoms with Gasteiger partial charge in [-0.1, -0.05) is 29.8 Å². The van der Waals surface area contributed by atoms with Gasteiger partial charge in [0.15, 0.2) is 5.15 Å². The Bertz CT molecular complexity index is 822. The fourth-order valence-electron chi connectivity index (χ4n) is 2.64. The molecule has 98 valence electrons. The second kappa shape index (κ2) is 4.15. The molecule has 0 bridgehead atoms. The summed E-state index contributed by atoms with van der Waals surface area (Å²) in [5, 5.41) is 0.535. The smallest absolute Gasteiger partial charge is 0.150 e. The summed E-state index contributed by atoms with van der Waals surface area (Å²) in [6, 6.07) is 8.16. The molecule has 1 aliphatic rings. The molecule has 3 aromatic rings. The highest BCUT2D eigenvalue weighted by Crippen LogP contribution is 2.35. The SMILES string of the molecule is Cc1ncc2c(n1)-c1ccccc1-n1cnc(Cl)c1C2. The second-order valence-corrected chi connectivity index (χ2v) is 5.20. The predicted molar refractivity (Wildman–Crippen MR) is 77.1 cm³/mol. The van der Waals surface area contributed by atoms with Gasteiger partial charge in [-0.2, -0.15) is 0 Å². The lowest BCUT2D eigenvalue weighted by Gasteiger charge is -2.09. The molecule has 0 spiro atoms. The maximum Gasteiger partial charge on any atom is 0.150 e. The lowest BCUT2D eigenvalue weighted by molar-refractivity contribution is 0.958. The molecular weight excluding hydrogens is 272 g/mol. The van der Waals surface area contributed by atoms with E-state index in [1.165, 1.54) is 0 Å². The van der Waals surface area contributed by atoms with E-state index in [2.05, 4.69) is 27.1 Å². The molecule has 0 saturated carbocycles. The maximum absolute atomic E-state index is 6.22. The summed E-state index contributed by atoms with van der Waals surface area (Å²) < 4.78 is 2.04. The Morgan fingerprint density at radius 3 is 2.95 bits per heavy atom. The van der Waals surface area contributed by atoms with Crippen molar-refractivity contribution in [1.29, 1.82) is 0 Å². The van der Waals surface area contributed by atoms with Gasteiger partial charge in [0.05, 0.1) is 17.1 Å². The van der Waals surface area contributed by atoms with Crippen molar-refractivity contribution in [3.05, 3.63) is 59.0 Å². The van der Waals surface area contributed by atoms with E-state index in [4.69, 9.17) is 11.6 Å². The Labute approximate surface area is 121 Å². The van der Waals surface area contributed by atoms with E-state index in [1.54, 1.807) is 6.33 Å². The summed E-state index contributed by atoms with van der Waals surface area (Å²) >= 11 is 6.22. The van der Waals surface area contributed by atoms with E-state index < -0.39 is 0 Å². The van der Waals surface area contributed by atoms with Gasteiger partial charge < -0.3 is 4.57 Å². The second-order valence-electron chi connectivity index (χ2n) is 4.84. The van der Waals surface area contributed by atoms with E-state index in [9.17, 15) is 0 Å². The monoisotopic (exact) mass is 282 g/mol. The first-order valence-electron chi connectivity index (χ1n) is 6.38. The van der Waals surface area contributed by atoms with Crippen LogP contribution in [0.5, 0.6) is 0 Å². The number of fused-ring (bicyclic) bond motifs is 5. The number of imidazole rings is 1. The highest BCUT2D eigenvalue weighted by Gasteiger charge is 2.22. The summed E-state index contributed by atoms with van der Waals surface area (Å²) in [7, 11) is 0. The van der Waals surface area contributed by atoms with Crippen LogP contribution >= 0.6 is 11.6 Å². The van der Waals surface area contributed by atoms with Crippen molar-refractivity contribution in [3.63, 3.8) is 0 Å². The Morgan fingerprint density at radius 1 is 1.20 bits per heavy atom. The summed E-state index contributed by atoms with van der Waals surface area (Å²) in [6.45, 7) is 1.91. The number of nitrogens with zero attached hydrogens (tertiary/aromatic N) is 4. The molecule has 1 aliphatic heterocycles. The Morgan fingerprint density at radius 2 is 2.05 bits per heavy atom. The summed E-state index contributed by atoms with van der Waals surface area (Å²) in [4.78, 5) is 13.1. The number of aryl methyl sites for hydroxylation is 1. The lowest BCUT2D eigenvalue weighted by Crippen LogP contribution is -1.98. The van der Waals surface area contributed by atoms with Gasteiger partial charge in [-0.15, -0.1) is 0 Å². The van der Waals surface area contributed by atoms with Crippen LogP contribution in [0.1, 0.15) is 17.1 Å². The summed E-state index contributed by atoms with van der Waals surface area (Å²) in [5.41, 5.74) is 5.17. The van der Waals surface area contributed by atoms with Gasteiger partial charge in [-0.25, -0.2) is 15.0 Å². The number of aromatic nitrogens is 4. The minimum Gasteiger partial charge on any atom is -0.301 e. The van der Waals surface area contributed by atoms with Crippen LogP contribution in [0.3, 0.4) is 0 Å². The molecule has 0 aliphatic carbocycles. The van der Waals surface area contributed by atoms with E-state index >= 15 is 0 Å². The normalized spacial score (nSPS) is 12.3. The van der Waals surface area contributed by atoms with Crippen LogP contribution in [0, 0.1) is 6.92 Å². The molecule has 0 fully saturated rings. The zero-order valence-electron chi connectivity index (χ0n) is 10.8. The van der Waals surface area contributed by atoms with E-state index in [0.29, 0.717) is 11.6 Å². The quantitative estimate of drug-likeness (QED) is 0.497. The van der Waals surface area contributed by atoms with Crippen LogP contribution in [-0.4, -0.2) is 19.5 Å². The van der Waals surface area contributed by atoms with E-state index in [-0.39, 0.29) is 0 Å². The van der Waals surface area contributed by atoms with E-state index in [1.807, 2.05) is 29.8 Å². The zero-order chi connectivity index (χ0) is 13.7. The highest BCUT2D eigenvalue weighted by atomic mass is 35.5. The first-order valence-corrected chi connectivity index (χ1v) is 6.76. The molecule has 2 aromatic heterocycles. The first kappa shape index (κ1) is 11.6. The van der Waals surface area contributed by atoms with Crippen LogP contribution in [-0.2, 0) is 6.42 Å². The molecular formula is C15H11ClN4. The highest BCUT2D eigenvalue weighted by molar-refractivity contribution is 6.30. The van der Waals surface area contributed by atoms with Crippen molar-refractivity contribution in [1.82, 2.24) is 19.5 Å². The molecule has 4 rings (SSSR count). The molecule has 20 heavy (non-hydrogen) atoms. The third-order valence-corrected chi connectivity index (χ3v) is 3.89. The van der Waals surface area contributed by atoms with Gasteiger partial charge in [0, 0.05) is 23.7 Å². The Hall–Kier alpha value is -2.20. The van der Waals surface area contributed by atoms with Gasteiger partial charge in [0.1, 0.15) is 12.2 Å². The average Bonchev–Trinajstić information content (AvgIpc) is 2.75. The number of para-hydroxylation sites is 1. The summed E-state index contributed by atoms with van der Waals surface area (Å²) in [5.74, 6) is 0.773. The van der Waals surface area contributed by atoms with Gasteiger partial charge >= 0.3 is 0 Å². The van der Waals surface area contributed by atoms with Crippen LogP contribution in [0.4, 0.5) is 0 Å². The molecule has 0 saturated heterocycles. The van der Waals surface area contributed by atoms with Crippen LogP contribution in [0.2, 0.25) is 5.15 Å². The van der Waals surface area contributed by atoms with Crippen LogP contribution in [0.25, 0.3) is 16.9 Å². The Kier molecular flexibility index (Phi) is 2.41. The van der Waals surface area contributed by atoms with Crippen molar-refractivity contribution >= 4 is 11.6 Å². The lowest BCUT2D eigenvalue weighted by atomic mass is 10.0. The minimum absolute atomic E-state index is 0.535. The van der Waals surface area contributed by atoms with Crippen molar-refractivity contribution in [2.45, 2.75) is 13.3 Å². The van der Waals surface area contributed by atoms with Crippen molar-refractivity contribution in [3.8, 4) is 16.9 Å². The van der Waals surface area contributed by atoms with Gasteiger partial charge in [-0.3, -0.25) is 0 Å². The number of hydrogen-bond donors (Lipinski definition) is 0. The number of halogens is 1. The fourth-order valence-corrected chi connectivity index (χ4v) is 2.84. The largest absolute Gasteiger partial charge is 0.301 e. The third-order valence-electron chi connectivity index (χ3n) is 3.58. The van der Waals surface area contributed by atoms with Crippen molar-refractivity contribution in [2.75, 3.05) is 0 Å². The molecule has 5 heteroatoms. The maximum atomic E-state index is 6.22. The third kappa shape index (κ3) is 1.58. The molecule has 1 aromatic carbocycles. The van der Waals surface area contributed by atoms with Gasteiger partial charge in [0.25, 0.3) is 0 Å². The molecule has 4 nitrogen and oxygen atoms in total. The van der Waals surface area contributed by atoms with Crippen LogP contribution in [0.15, 0.2) is 36.8 Å². The molecule has 0 radical (unpaired) electrons. The Balaban J connectivity index is 2.12. The predicted octanol–water partition coefficient (Wildman–Crippen LogP) is 3.20. The zero-order valence-corrected chi connectivity index (χ0v) is 11.6. The topological polar surface area (TPSA) is 43.6 Å². The minimum atomic E-state index is 0.535. The first-order chi connectivity index (χ1) is 9.74. The number of rotatable bonds is 0. The summed E-state index contributed by atoms with van der Waals surface area (Å²) in [6.07, 6.45) is 4.33. The molecule has 0 N–H and O–H groups in total. The molecule has 3 heterocycles. The number of hydrogen-bond acceptors (Lipinski definition) is 3.